The maximum atomic E-state index is 10.8. The monoisotopic (exact) mass is 1810 g/mol. The highest BCUT2D eigenvalue weighted by Crippen LogP contribution is 2.54. The number of fused-ring (bicyclic) bond motifs is 1. The van der Waals surface area contributed by atoms with Gasteiger partial charge in [-0.3, -0.25) is 4.52 Å². The molecule has 11 rings (SSSR count). The largest absolute Gasteiger partial charge is 0.469 e. The standard InChI is InChI=1S/C14H25NO.C13H21NO.C12H17NO.C11H23NO.C9H20NO5P.C9H19NO2.C9H19NO.C8H17NO.C8H19NO.C7H17NO/c16-15-13(7-3-1-4-8-13)11-12-14(15)9-5-2-6-10-14;1-5-12(14(15)13(2,3)4)11-9-7-6-8-10-11;1-11(2)9-7-5-6-8-10(9)12(3,4)13(11)14;1-10(2,3)12(13)11(4)8-6-5-7-9-11;1-8(2)5-7(15-16(12,13)14)6-9(3,4)10(8)11;1-8(2)5-7(11)6-9(3,4)10(8)12;1-8(2)6-5-7-9(3,4)10(8)11;1-7(2)5-6-8(3,4)9(7)10;1-7(2,3)9(10)8(4,5)6;1-6(2)8(9)7(3,4)5/h16H,1-12H2;6-10,12,15H,5H2,1-4H3;5-8,14H,1-4H3;13H,5-9H2,1-4H3;7,11H,5-6H2,1-4H3,(H2,12,13,14);7,11-12H,5-6H2,1-4H3;11H,5-7H2,1-4H3;10H,5-6H2,1-4H3;10H,1-6H3;6,9H,1-5H3. The molecular formula is C100H197N10O15P. The fourth-order valence-electron chi connectivity index (χ4n) is 21.1. The topological polar surface area (TPSA) is 322 Å². The number of hydrogen-bond acceptors (Lipinski definition) is 23. The predicted octanol–water partition coefficient (Wildman–Crippen LogP) is 25.1. The predicted molar refractivity (Wildman–Crippen MR) is 512 cm³/mol. The molecule has 2 spiro atoms. The second-order valence-corrected chi connectivity index (χ2v) is 51.0. The van der Waals surface area contributed by atoms with Crippen molar-refractivity contribution in [3.8, 4) is 0 Å². The summed E-state index contributed by atoms with van der Waals surface area (Å²) >= 11 is 0. The van der Waals surface area contributed by atoms with Crippen molar-refractivity contribution < 1.29 is 76.1 Å². The molecule has 5 saturated heterocycles. The second kappa shape index (κ2) is 45.6. The average molecular weight is 1810 g/mol. The summed E-state index contributed by atoms with van der Waals surface area (Å²) in [7, 11) is -4.47. The van der Waals surface area contributed by atoms with Gasteiger partial charge in [-0.15, -0.1) is 0 Å². The molecule has 1 unspecified atom stereocenters. The molecule has 126 heavy (non-hydrogen) atoms. The summed E-state index contributed by atoms with van der Waals surface area (Å²) in [6.07, 6.45) is 29.2. The fraction of sp³-hybridized carbons (Fsp3) is 0.880. The van der Waals surface area contributed by atoms with Crippen LogP contribution in [0.15, 0.2) is 54.6 Å². The van der Waals surface area contributed by atoms with Crippen molar-refractivity contribution in [3.05, 3.63) is 71.3 Å². The van der Waals surface area contributed by atoms with Gasteiger partial charge in [0.25, 0.3) is 0 Å². The number of aliphatic hydroxyl groups excluding tert-OH is 1. The molecule has 1 atom stereocenters. The van der Waals surface area contributed by atoms with E-state index in [4.69, 9.17) is 14.3 Å². The molecule has 0 aromatic heterocycles. The Morgan fingerprint density at radius 3 is 0.937 bits per heavy atom. The molecule has 0 radical (unpaired) electrons. The molecule has 13 N–H and O–H groups in total. The van der Waals surface area contributed by atoms with Crippen LogP contribution in [0.4, 0.5) is 0 Å². The third-order valence-corrected chi connectivity index (χ3v) is 28.2. The number of hydrogen-bond donors (Lipinski definition) is 13. The molecular weight excluding hydrogens is 1610 g/mol. The molecule has 9 aliphatic rings. The summed E-state index contributed by atoms with van der Waals surface area (Å²) < 4.78 is 15.5. The molecule has 0 bridgehead atoms. The van der Waals surface area contributed by atoms with Gasteiger partial charge in [-0.1, -0.05) is 119 Å². The van der Waals surface area contributed by atoms with Crippen LogP contribution in [0.3, 0.4) is 0 Å². The summed E-state index contributed by atoms with van der Waals surface area (Å²) in [6.45, 7) is 78.1. The normalized spacial score (nSPS) is 24.5. The molecule has 26 heteroatoms. The van der Waals surface area contributed by atoms with Crippen molar-refractivity contribution >= 4 is 7.82 Å². The van der Waals surface area contributed by atoms with E-state index in [2.05, 4.69) is 114 Å². The summed E-state index contributed by atoms with van der Waals surface area (Å²) in [6, 6.07) is 18.6. The number of benzene rings is 2. The Morgan fingerprint density at radius 1 is 0.373 bits per heavy atom. The summed E-state index contributed by atoms with van der Waals surface area (Å²) in [5, 5.41) is 123. The van der Waals surface area contributed by atoms with Crippen molar-refractivity contribution in [2.24, 2.45) is 0 Å². The summed E-state index contributed by atoms with van der Waals surface area (Å²) in [5.41, 5.74) is 0.675. The van der Waals surface area contributed by atoms with Crippen molar-refractivity contribution in [2.75, 3.05) is 0 Å². The van der Waals surface area contributed by atoms with Crippen LogP contribution in [0, 0.1) is 0 Å². The molecule has 0 amide bonds. The number of rotatable bonds is 7. The lowest BCUT2D eigenvalue weighted by molar-refractivity contribution is -0.257. The number of hydroxylamine groups is 20. The Hall–Kier alpha value is -2.29. The molecule has 2 aromatic carbocycles. The van der Waals surface area contributed by atoms with Crippen molar-refractivity contribution in [3.63, 3.8) is 0 Å². The number of aliphatic hydroxyl groups is 1. The Kier molecular flexibility index (Phi) is 43.3. The highest BCUT2D eigenvalue weighted by atomic mass is 31.2. The zero-order valence-corrected chi connectivity index (χ0v) is 88.5. The first-order valence-electron chi connectivity index (χ1n) is 47.9. The smallest absolute Gasteiger partial charge is 0.393 e. The lowest BCUT2D eigenvalue weighted by atomic mass is 9.80. The Bertz CT molecular complexity index is 3390. The van der Waals surface area contributed by atoms with Crippen LogP contribution in [0.1, 0.15) is 466 Å². The van der Waals surface area contributed by atoms with Gasteiger partial charge in [0, 0.05) is 94.7 Å². The Balaban J connectivity index is 0.000000477. The molecule has 25 nitrogen and oxygen atoms in total. The summed E-state index contributed by atoms with van der Waals surface area (Å²) in [4.78, 5) is 17.6. The maximum absolute atomic E-state index is 10.8. The zero-order chi connectivity index (χ0) is 98.5. The molecule has 742 valence electrons. The first kappa shape index (κ1) is 120. The van der Waals surface area contributed by atoms with Crippen LogP contribution in [0.25, 0.3) is 0 Å². The van der Waals surface area contributed by atoms with Gasteiger partial charge in [-0.2, -0.15) is 50.6 Å². The number of phosphoric acid groups is 1. The zero-order valence-electron chi connectivity index (χ0n) is 87.6. The Morgan fingerprint density at radius 2 is 0.675 bits per heavy atom. The second-order valence-electron chi connectivity index (χ2n) is 49.8. The van der Waals surface area contributed by atoms with Crippen LogP contribution in [0.2, 0.25) is 0 Å². The van der Waals surface area contributed by atoms with Gasteiger partial charge in [0.05, 0.1) is 29.3 Å². The molecule has 8 fully saturated rings. The number of nitrogens with zero attached hydrogens (tertiary/aromatic N) is 10. The maximum Gasteiger partial charge on any atom is 0.469 e. The van der Waals surface area contributed by atoms with Gasteiger partial charge in [0.1, 0.15) is 0 Å². The minimum absolute atomic E-state index is 0.0104. The van der Waals surface area contributed by atoms with E-state index in [-0.39, 0.29) is 107 Å². The van der Waals surface area contributed by atoms with Gasteiger partial charge in [-0.25, -0.2) is 4.57 Å². The van der Waals surface area contributed by atoms with Crippen LogP contribution >= 0.6 is 7.82 Å². The first-order chi connectivity index (χ1) is 56.4. The summed E-state index contributed by atoms with van der Waals surface area (Å²) in [5.74, 6) is 0. The fourth-order valence-corrected chi connectivity index (χ4v) is 21.6. The minimum atomic E-state index is -4.47. The van der Waals surface area contributed by atoms with E-state index in [1.54, 1.807) is 5.06 Å². The van der Waals surface area contributed by atoms with E-state index in [0.29, 0.717) is 25.7 Å². The van der Waals surface area contributed by atoms with Gasteiger partial charge in [0.2, 0.25) is 0 Å². The van der Waals surface area contributed by atoms with E-state index < -0.39 is 25.0 Å². The van der Waals surface area contributed by atoms with Gasteiger partial charge in [0.15, 0.2) is 0 Å². The highest BCUT2D eigenvalue weighted by molar-refractivity contribution is 7.46. The van der Waals surface area contributed by atoms with Gasteiger partial charge < -0.3 is 67.0 Å². The van der Waals surface area contributed by atoms with E-state index in [1.807, 2.05) is 215 Å². The van der Waals surface area contributed by atoms with E-state index in [0.717, 1.165) is 50.5 Å². The van der Waals surface area contributed by atoms with Crippen molar-refractivity contribution in [1.29, 1.82) is 0 Å². The molecule has 3 saturated carbocycles. The molecule has 6 heterocycles. The average Bonchev–Trinajstić information content (AvgIpc) is 1.57. The number of phosphoric ester groups is 1. The molecule has 3 aliphatic carbocycles. The van der Waals surface area contributed by atoms with E-state index in [1.165, 1.54) is 154 Å². The van der Waals surface area contributed by atoms with Crippen LogP contribution in [-0.2, 0) is 20.2 Å². The van der Waals surface area contributed by atoms with Gasteiger partial charge in [-0.05, 0) is 395 Å². The van der Waals surface area contributed by atoms with Crippen molar-refractivity contribution in [1.82, 2.24) is 50.6 Å². The third-order valence-electron chi connectivity index (χ3n) is 27.6. The lowest BCUT2D eigenvalue weighted by Gasteiger charge is -2.51. The SMILES string of the molecule is CC(C)(C)N(O)C(C)(C)C.CC(C)(C)N(O)C1(C)CCCCC1.CC(C)N(O)C(C)(C)C.CC1(C)CC(O)CC(C)(C)N1O.CC1(C)CC(OP(=O)(O)O)CC(C)(C)N1O.CC1(C)CCC(C)(C)N1O.CC1(C)CCCC(C)(C)N1O.CC1(C)c2ccccc2C(C)(C)N1O.CCC(c1ccccc1)N(O)C(C)(C)C.ON1C2(CCCCC2)CCC12CCCCC2. The van der Waals surface area contributed by atoms with E-state index in [9.17, 15) is 61.7 Å². The van der Waals surface area contributed by atoms with Gasteiger partial charge >= 0.3 is 7.82 Å². The van der Waals surface area contributed by atoms with Crippen LogP contribution in [0.5, 0.6) is 0 Å². The lowest BCUT2D eigenvalue weighted by Crippen LogP contribution is -2.60. The van der Waals surface area contributed by atoms with Crippen LogP contribution in [-0.4, -0.2) is 224 Å². The highest BCUT2D eigenvalue weighted by Gasteiger charge is 2.56. The Labute approximate surface area is 769 Å². The number of piperidine rings is 3. The van der Waals surface area contributed by atoms with E-state index >= 15 is 0 Å². The third kappa shape index (κ3) is 34.2. The first-order valence-corrected chi connectivity index (χ1v) is 49.4. The van der Waals surface area contributed by atoms with Crippen LogP contribution < -0.4 is 0 Å². The molecule has 6 aliphatic heterocycles. The quantitative estimate of drug-likeness (QED) is 0.0905. The molecule has 2 aromatic rings. The van der Waals surface area contributed by atoms with Crippen molar-refractivity contribution in [2.45, 2.75) is 567 Å². The minimum Gasteiger partial charge on any atom is -0.393 e.